The predicted octanol–water partition coefficient (Wildman–Crippen LogP) is 2.66. The first-order valence-electron chi connectivity index (χ1n) is 4.26. The third-order valence-electron chi connectivity index (χ3n) is 1.74. The molecule has 3 N–H and O–H groups in total. The van der Waals surface area contributed by atoms with Crippen molar-refractivity contribution in [1.82, 2.24) is 4.98 Å². The van der Waals surface area contributed by atoms with Gasteiger partial charge in [0.15, 0.2) is 0 Å². The average molecular weight is 269 g/mol. The molecule has 1 unspecified atom stereocenters. The van der Waals surface area contributed by atoms with Crippen LogP contribution in [-0.2, 0) is 0 Å². The van der Waals surface area contributed by atoms with Gasteiger partial charge in [-0.25, -0.2) is 4.98 Å². The molecule has 90 valence electrons. The number of nitrogens with two attached hydrogens (primary N) is 1. The summed E-state index contributed by atoms with van der Waals surface area (Å²) < 4.78 is 37.8. The lowest BCUT2D eigenvalue weighted by Crippen LogP contribution is -2.36. The molecule has 1 aromatic rings. The van der Waals surface area contributed by atoms with Gasteiger partial charge in [0.2, 0.25) is 0 Å². The maximum absolute atomic E-state index is 12.4. The lowest BCUT2D eigenvalue weighted by Gasteiger charge is -2.17. The lowest BCUT2D eigenvalue weighted by atomic mass is 10.1. The van der Waals surface area contributed by atoms with E-state index in [-0.39, 0.29) is 5.75 Å². The van der Waals surface area contributed by atoms with Gasteiger partial charge in [-0.3, -0.25) is 5.41 Å². The minimum absolute atomic E-state index is 0.300. The molecule has 0 fully saturated rings. The van der Waals surface area contributed by atoms with Crippen molar-refractivity contribution < 1.29 is 13.2 Å². The van der Waals surface area contributed by atoms with E-state index in [0.717, 1.165) is 17.5 Å². The second-order valence-corrected chi connectivity index (χ2v) is 5.24. The first-order valence-corrected chi connectivity index (χ1v) is 6.12. The number of alkyl halides is 3. The van der Waals surface area contributed by atoms with Gasteiger partial charge < -0.3 is 5.73 Å². The average Bonchev–Trinajstić information content (AvgIpc) is 2.48. The summed E-state index contributed by atoms with van der Waals surface area (Å²) in [5.41, 5.74) is 5.70. The molecule has 0 amide bonds. The van der Waals surface area contributed by atoms with Gasteiger partial charge >= 0.3 is 6.18 Å². The molecule has 0 aliphatic rings. The summed E-state index contributed by atoms with van der Waals surface area (Å²) in [5, 5.41) is 8.67. The van der Waals surface area contributed by atoms with E-state index in [1.54, 1.807) is 12.3 Å². The third-order valence-corrected chi connectivity index (χ3v) is 3.97. The Morgan fingerprint density at radius 2 is 2.31 bits per heavy atom. The Labute approximate surface area is 98.8 Å². The Kier molecular flexibility index (Phi) is 4.20. The maximum atomic E-state index is 12.4. The van der Waals surface area contributed by atoms with Crippen molar-refractivity contribution in [1.29, 1.82) is 5.41 Å². The Morgan fingerprint density at radius 3 is 2.69 bits per heavy atom. The highest BCUT2D eigenvalue weighted by atomic mass is 32.2. The van der Waals surface area contributed by atoms with Gasteiger partial charge in [0.1, 0.15) is 16.1 Å². The number of thiazole rings is 1. The molecule has 0 aliphatic heterocycles. The Balaban J connectivity index is 2.61. The SMILES string of the molecule is Cc1csc(SCC(C(=N)N)C(F)(F)F)n1. The molecule has 16 heavy (non-hydrogen) atoms. The number of halogens is 3. The lowest BCUT2D eigenvalue weighted by molar-refractivity contribution is -0.149. The van der Waals surface area contributed by atoms with Crippen molar-refractivity contribution in [2.75, 3.05) is 5.75 Å². The fourth-order valence-corrected chi connectivity index (χ4v) is 2.94. The normalized spacial score (nSPS) is 13.8. The van der Waals surface area contributed by atoms with Crippen molar-refractivity contribution in [3.8, 4) is 0 Å². The van der Waals surface area contributed by atoms with E-state index in [2.05, 4.69) is 4.98 Å². The smallest absolute Gasteiger partial charge is 0.387 e. The number of thioether (sulfide) groups is 1. The van der Waals surface area contributed by atoms with Crippen LogP contribution in [0.2, 0.25) is 0 Å². The van der Waals surface area contributed by atoms with Gasteiger partial charge in [-0.1, -0.05) is 11.8 Å². The number of hydrogen-bond donors (Lipinski definition) is 2. The zero-order valence-electron chi connectivity index (χ0n) is 8.34. The topological polar surface area (TPSA) is 62.8 Å². The summed E-state index contributed by atoms with van der Waals surface area (Å²) in [7, 11) is 0. The van der Waals surface area contributed by atoms with E-state index in [1.165, 1.54) is 11.3 Å². The van der Waals surface area contributed by atoms with Crippen LogP contribution < -0.4 is 5.73 Å². The summed E-state index contributed by atoms with van der Waals surface area (Å²) in [6.07, 6.45) is -4.47. The highest BCUT2D eigenvalue weighted by Gasteiger charge is 2.41. The zero-order valence-corrected chi connectivity index (χ0v) is 9.97. The third kappa shape index (κ3) is 3.67. The van der Waals surface area contributed by atoms with E-state index in [4.69, 9.17) is 11.1 Å². The van der Waals surface area contributed by atoms with E-state index in [9.17, 15) is 13.2 Å². The van der Waals surface area contributed by atoms with Crippen LogP contribution in [0.3, 0.4) is 0 Å². The molecule has 1 rings (SSSR count). The Hall–Kier alpha value is -0.760. The van der Waals surface area contributed by atoms with E-state index in [0.29, 0.717) is 4.34 Å². The van der Waals surface area contributed by atoms with E-state index >= 15 is 0 Å². The number of aryl methyl sites for hydroxylation is 1. The van der Waals surface area contributed by atoms with Crippen LogP contribution in [0.15, 0.2) is 9.72 Å². The van der Waals surface area contributed by atoms with Crippen LogP contribution in [0, 0.1) is 18.3 Å². The monoisotopic (exact) mass is 269 g/mol. The molecule has 1 aromatic heterocycles. The van der Waals surface area contributed by atoms with Crippen molar-refractivity contribution in [2.45, 2.75) is 17.4 Å². The molecule has 1 atom stereocenters. The maximum Gasteiger partial charge on any atom is 0.399 e. The van der Waals surface area contributed by atoms with Crippen LogP contribution in [-0.4, -0.2) is 22.7 Å². The molecule has 1 heterocycles. The molecule has 0 saturated carbocycles. The van der Waals surface area contributed by atoms with Gasteiger partial charge in [-0.15, -0.1) is 11.3 Å². The minimum Gasteiger partial charge on any atom is -0.387 e. The van der Waals surface area contributed by atoms with Crippen molar-refractivity contribution in [3.05, 3.63) is 11.1 Å². The molecule has 0 aliphatic carbocycles. The van der Waals surface area contributed by atoms with Gasteiger partial charge in [0, 0.05) is 16.8 Å². The van der Waals surface area contributed by atoms with Gasteiger partial charge in [0.25, 0.3) is 0 Å². The molecule has 0 aromatic carbocycles. The molecule has 0 bridgehead atoms. The van der Waals surface area contributed by atoms with Crippen molar-refractivity contribution >= 4 is 28.9 Å². The van der Waals surface area contributed by atoms with Gasteiger partial charge in [-0.05, 0) is 6.92 Å². The summed E-state index contributed by atoms with van der Waals surface area (Å²) in [4.78, 5) is 4.03. The first kappa shape index (κ1) is 13.3. The summed E-state index contributed by atoms with van der Waals surface area (Å²) in [6.45, 7) is 1.77. The fraction of sp³-hybridized carbons (Fsp3) is 0.500. The number of amidine groups is 1. The quantitative estimate of drug-likeness (QED) is 0.502. The van der Waals surface area contributed by atoms with Crippen LogP contribution >= 0.6 is 23.1 Å². The minimum atomic E-state index is -4.47. The molecular weight excluding hydrogens is 259 g/mol. The fourth-order valence-electron chi connectivity index (χ4n) is 0.914. The molecule has 8 heteroatoms. The van der Waals surface area contributed by atoms with Crippen molar-refractivity contribution in [3.63, 3.8) is 0 Å². The number of nitrogens with one attached hydrogen (secondary N) is 1. The molecular formula is C8H10F3N3S2. The highest BCUT2D eigenvalue weighted by molar-refractivity contribution is 8.01. The van der Waals surface area contributed by atoms with Crippen LogP contribution in [0.4, 0.5) is 13.2 Å². The van der Waals surface area contributed by atoms with Gasteiger partial charge in [-0.2, -0.15) is 13.2 Å². The zero-order chi connectivity index (χ0) is 12.3. The number of aromatic nitrogens is 1. The van der Waals surface area contributed by atoms with Crippen LogP contribution in [0.1, 0.15) is 5.69 Å². The van der Waals surface area contributed by atoms with Gasteiger partial charge in [0.05, 0.1) is 0 Å². The number of hydrogen-bond acceptors (Lipinski definition) is 4. The Bertz CT molecular complexity index is 375. The Morgan fingerprint density at radius 1 is 1.69 bits per heavy atom. The number of rotatable bonds is 4. The molecule has 3 nitrogen and oxygen atoms in total. The molecule has 0 saturated heterocycles. The molecule has 0 radical (unpaired) electrons. The highest BCUT2D eigenvalue weighted by Crippen LogP contribution is 2.32. The first-order chi connectivity index (χ1) is 7.30. The predicted molar refractivity (Wildman–Crippen MR) is 59.0 cm³/mol. The second-order valence-electron chi connectivity index (χ2n) is 3.12. The summed E-state index contributed by atoms with van der Waals surface area (Å²) in [5.74, 6) is -3.05. The largest absolute Gasteiger partial charge is 0.399 e. The summed E-state index contributed by atoms with van der Waals surface area (Å²) in [6, 6.07) is 0. The standard InChI is InChI=1S/C8H10F3N3S2/c1-4-2-15-7(14-4)16-3-5(6(12)13)8(9,10)11/h2,5H,3H2,1H3,(H3,12,13). The number of nitrogens with zero attached hydrogens (tertiary/aromatic N) is 1. The van der Waals surface area contributed by atoms with Crippen LogP contribution in [0.5, 0.6) is 0 Å². The van der Waals surface area contributed by atoms with E-state index in [1.807, 2.05) is 0 Å². The van der Waals surface area contributed by atoms with Crippen molar-refractivity contribution in [2.24, 2.45) is 11.7 Å². The summed E-state index contributed by atoms with van der Waals surface area (Å²) >= 11 is 2.26. The molecule has 0 spiro atoms. The van der Waals surface area contributed by atoms with Crippen LogP contribution in [0.25, 0.3) is 0 Å². The second kappa shape index (κ2) is 5.05. The van der Waals surface area contributed by atoms with E-state index < -0.39 is 17.9 Å².